The predicted molar refractivity (Wildman–Crippen MR) is 123 cm³/mol. The molecule has 7 nitrogen and oxygen atoms in total. The van der Waals surface area contributed by atoms with Gasteiger partial charge in [0, 0.05) is 39.0 Å². The van der Waals surface area contributed by atoms with Gasteiger partial charge in [-0.3, -0.25) is 24.1 Å². The zero-order chi connectivity index (χ0) is 22.6. The van der Waals surface area contributed by atoms with Crippen LogP contribution in [0.4, 0.5) is 4.79 Å². The topological polar surface area (TPSA) is 86.8 Å². The summed E-state index contributed by atoms with van der Waals surface area (Å²) in [5.41, 5.74) is 0.854. The highest BCUT2D eigenvalue weighted by atomic mass is 32.2. The van der Waals surface area contributed by atoms with E-state index in [4.69, 9.17) is 0 Å². The van der Waals surface area contributed by atoms with Crippen molar-refractivity contribution in [2.24, 2.45) is 0 Å². The van der Waals surface area contributed by atoms with Crippen LogP contribution >= 0.6 is 11.8 Å². The van der Waals surface area contributed by atoms with Crippen LogP contribution in [0.2, 0.25) is 0 Å². The molecule has 0 atom stereocenters. The van der Waals surface area contributed by atoms with Gasteiger partial charge in [-0.15, -0.1) is 0 Å². The summed E-state index contributed by atoms with van der Waals surface area (Å²) in [6.45, 7) is 5.89. The van der Waals surface area contributed by atoms with Crippen LogP contribution in [0, 0.1) is 0 Å². The number of rotatable bonds is 12. The molecule has 1 aromatic rings. The Morgan fingerprint density at radius 1 is 1.06 bits per heavy atom. The fourth-order valence-electron chi connectivity index (χ4n) is 3.25. The molecule has 0 unspecified atom stereocenters. The Labute approximate surface area is 188 Å². The summed E-state index contributed by atoms with van der Waals surface area (Å²) in [4.78, 5) is 52.3. The molecule has 8 heteroatoms. The van der Waals surface area contributed by atoms with E-state index < -0.39 is 0 Å². The lowest BCUT2D eigenvalue weighted by molar-refractivity contribution is -0.131. The maximum atomic E-state index is 12.5. The molecule has 1 aliphatic heterocycles. The zero-order valence-electron chi connectivity index (χ0n) is 18.3. The summed E-state index contributed by atoms with van der Waals surface area (Å²) >= 11 is 0.907. The van der Waals surface area contributed by atoms with Crippen LogP contribution in [0.3, 0.4) is 0 Å². The monoisotopic (exact) mass is 445 g/mol. The molecule has 1 aliphatic rings. The minimum atomic E-state index is -0.342. The predicted octanol–water partition coefficient (Wildman–Crippen LogP) is 3.66. The first-order chi connectivity index (χ1) is 15.0. The molecule has 0 spiro atoms. The molecule has 0 radical (unpaired) electrons. The maximum Gasteiger partial charge on any atom is 0.293 e. The lowest BCUT2D eigenvalue weighted by Gasteiger charge is -2.21. The molecule has 1 heterocycles. The van der Waals surface area contributed by atoms with Gasteiger partial charge >= 0.3 is 0 Å². The van der Waals surface area contributed by atoms with Gasteiger partial charge in [-0.2, -0.15) is 0 Å². The second-order valence-electron chi connectivity index (χ2n) is 7.33. The largest absolute Gasteiger partial charge is 0.354 e. The third-order valence-electron chi connectivity index (χ3n) is 4.76. The first-order valence-electron chi connectivity index (χ1n) is 10.8. The minimum absolute atomic E-state index is 0.0829. The first kappa shape index (κ1) is 24.7. The van der Waals surface area contributed by atoms with E-state index in [9.17, 15) is 19.2 Å². The molecule has 1 N–H and O–H groups in total. The van der Waals surface area contributed by atoms with Gasteiger partial charge in [-0.25, -0.2) is 0 Å². The van der Waals surface area contributed by atoms with Crippen molar-refractivity contribution in [3.05, 3.63) is 40.8 Å². The average molecular weight is 446 g/mol. The molecule has 1 aromatic carbocycles. The maximum absolute atomic E-state index is 12.5. The SMILES string of the molecule is CCCN(CCC)C(=O)CCCC(=O)NCCN1C(=O)S/C(=C/c2ccccc2)C1=O. The Kier molecular flexibility index (Phi) is 10.3. The molecule has 1 saturated heterocycles. The fraction of sp³-hybridized carbons (Fsp3) is 0.478. The Morgan fingerprint density at radius 3 is 2.39 bits per heavy atom. The molecular formula is C23H31N3O4S. The van der Waals surface area contributed by atoms with Crippen LogP contribution in [0.1, 0.15) is 51.5 Å². The number of carbonyl (C=O) groups is 4. The van der Waals surface area contributed by atoms with E-state index in [0.29, 0.717) is 17.7 Å². The van der Waals surface area contributed by atoms with Crippen LogP contribution in [0.15, 0.2) is 35.2 Å². The summed E-state index contributed by atoms with van der Waals surface area (Å²) in [5.74, 6) is -0.442. The molecule has 168 valence electrons. The van der Waals surface area contributed by atoms with Gasteiger partial charge in [0.05, 0.1) is 4.91 Å². The van der Waals surface area contributed by atoms with Crippen molar-refractivity contribution < 1.29 is 19.2 Å². The van der Waals surface area contributed by atoms with Gasteiger partial charge < -0.3 is 10.2 Å². The van der Waals surface area contributed by atoms with Crippen molar-refractivity contribution in [2.75, 3.05) is 26.2 Å². The number of benzene rings is 1. The number of thioether (sulfide) groups is 1. The highest BCUT2D eigenvalue weighted by Crippen LogP contribution is 2.31. The smallest absolute Gasteiger partial charge is 0.293 e. The number of hydrogen-bond acceptors (Lipinski definition) is 5. The van der Waals surface area contributed by atoms with E-state index >= 15 is 0 Å². The summed E-state index contributed by atoms with van der Waals surface area (Å²) in [6, 6.07) is 9.34. The normalized spacial score (nSPS) is 14.9. The lowest BCUT2D eigenvalue weighted by atomic mass is 10.2. The molecule has 0 aromatic heterocycles. The van der Waals surface area contributed by atoms with Crippen LogP contribution in [0.5, 0.6) is 0 Å². The fourth-order valence-corrected chi connectivity index (χ4v) is 4.11. The minimum Gasteiger partial charge on any atom is -0.354 e. The van der Waals surface area contributed by atoms with Crippen molar-refractivity contribution in [1.82, 2.24) is 15.1 Å². The van der Waals surface area contributed by atoms with Crippen molar-refractivity contribution in [3.63, 3.8) is 0 Å². The lowest BCUT2D eigenvalue weighted by Crippen LogP contribution is -2.37. The molecule has 0 saturated carbocycles. The number of amides is 4. The Bertz CT molecular complexity index is 804. The molecule has 1 fully saturated rings. The number of carbonyl (C=O) groups excluding carboxylic acids is 4. The van der Waals surface area contributed by atoms with E-state index in [2.05, 4.69) is 5.32 Å². The number of nitrogens with one attached hydrogen (secondary N) is 1. The Hall–Kier alpha value is -2.61. The van der Waals surface area contributed by atoms with Gasteiger partial charge in [0.15, 0.2) is 0 Å². The zero-order valence-corrected chi connectivity index (χ0v) is 19.1. The van der Waals surface area contributed by atoms with E-state index in [0.717, 1.165) is 48.2 Å². The van der Waals surface area contributed by atoms with Gasteiger partial charge in [0.25, 0.3) is 11.1 Å². The van der Waals surface area contributed by atoms with Crippen LogP contribution in [-0.2, 0) is 14.4 Å². The Balaban J connectivity index is 1.72. The molecule has 31 heavy (non-hydrogen) atoms. The van der Waals surface area contributed by atoms with Crippen molar-refractivity contribution in [1.29, 1.82) is 0 Å². The molecule has 2 rings (SSSR count). The summed E-state index contributed by atoms with van der Waals surface area (Å²) in [6.07, 6.45) is 4.60. The number of hydrogen-bond donors (Lipinski definition) is 1. The van der Waals surface area contributed by atoms with Crippen LogP contribution in [0.25, 0.3) is 6.08 Å². The number of imide groups is 1. The molecule has 0 bridgehead atoms. The van der Waals surface area contributed by atoms with Crippen molar-refractivity contribution in [2.45, 2.75) is 46.0 Å². The van der Waals surface area contributed by atoms with E-state index in [1.165, 1.54) is 0 Å². The standard InChI is InChI=1S/C23H31N3O4S/c1-3-14-25(15-4-2)21(28)12-8-11-20(27)24-13-16-26-22(29)19(31-23(26)30)17-18-9-6-5-7-10-18/h5-7,9-10,17H,3-4,8,11-16H2,1-2H3,(H,24,27)/b19-17+. The van der Waals surface area contributed by atoms with Gasteiger partial charge in [-0.05, 0) is 42.7 Å². The quantitative estimate of drug-likeness (QED) is 0.496. The van der Waals surface area contributed by atoms with E-state index in [-0.39, 0.29) is 42.5 Å². The van der Waals surface area contributed by atoms with Crippen LogP contribution in [-0.4, -0.2) is 58.9 Å². The van der Waals surface area contributed by atoms with E-state index in [1.807, 2.05) is 49.1 Å². The molecule has 0 aliphatic carbocycles. The van der Waals surface area contributed by atoms with Gasteiger partial charge in [0.2, 0.25) is 11.8 Å². The third kappa shape index (κ3) is 7.86. The van der Waals surface area contributed by atoms with Gasteiger partial charge in [0.1, 0.15) is 0 Å². The molecular weight excluding hydrogens is 414 g/mol. The highest BCUT2D eigenvalue weighted by molar-refractivity contribution is 8.18. The first-order valence-corrected chi connectivity index (χ1v) is 11.6. The van der Waals surface area contributed by atoms with Gasteiger partial charge in [-0.1, -0.05) is 44.2 Å². The average Bonchev–Trinajstić information content (AvgIpc) is 3.01. The second-order valence-corrected chi connectivity index (χ2v) is 8.32. The summed E-state index contributed by atoms with van der Waals surface area (Å²) in [5, 5.41) is 2.40. The second kappa shape index (κ2) is 12.9. The molecule has 4 amide bonds. The summed E-state index contributed by atoms with van der Waals surface area (Å²) in [7, 11) is 0. The summed E-state index contributed by atoms with van der Waals surface area (Å²) < 4.78 is 0. The van der Waals surface area contributed by atoms with Crippen molar-refractivity contribution in [3.8, 4) is 0 Å². The van der Waals surface area contributed by atoms with E-state index in [1.54, 1.807) is 6.08 Å². The third-order valence-corrected chi connectivity index (χ3v) is 5.67. The van der Waals surface area contributed by atoms with Crippen LogP contribution < -0.4 is 5.32 Å². The Morgan fingerprint density at radius 2 is 1.74 bits per heavy atom. The highest BCUT2D eigenvalue weighted by Gasteiger charge is 2.34. The number of nitrogens with zero attached hydrogens (tertiary/aromatic N) is 2. The van der Waals surface area contributed by atoms with Crippen molar-refractivity contribution >= 4 is 40.8 Å².